The molecule has 12 heavy (non-hydrogen) atoms. The zero-order chi connectivity index (χ0) is 9.14. The van der Waals surface area contributed by atoms with Gasteiger partial charge in [0.1, 0.15) is 17.6 Å². The van der Waals surface area contributed by atoms with Gasteiger partial charge in [-0.1, -0.05) is 0 Å². The molecule has 0 saturated carbocycles. The number of rotatable bonds is 2. The molecule has 0 radical (unpaired) electrons. The summed E-state index contributed by atoms with van der Waals surface area (Å²) in [6.07, 6.45) is 0. The second kappa shape index (κ2) is 3.43. The minimum atomic E-state index is 0.0173. The van der Waals surface area contributed by atoms with E-state index >= 15 is 0 Å². The fourth-order valence-corrected chi connectivity index (χ4v) is 1.05. The fourth-order valence-electron chi connectivity index (χ4n) is 1.05. The molecule has 0 aliphatic heterocycles. The van der Waals surface area contributed by atoms with Crippen LogP contribution in [0.25, 0.3) is 0 Å². The second-order valence-electron chi connectivity index (χ2n) is 2.89. The standard InChI is InChI=1S/C9H14N2O/c1-6-4-5-9(12-6)7(2)11-8(3)10/h4-5,7H,1-3H3,(H2,10,11). The van der Waals surface area contributed by atoms with Crippen molar-refractivity contribution < 1.29 is 4.42 Å². The van der Waals surface area contributed by atoms with Crippen LogP contribution >= 0.6 is 0 Å². The highest BCUT2D eigenvalue weighted by Gasteiger charge is 2.06. The van der Waals surface area contributed by atoms with Crippen molar-refractivity contribution in [2.24, 2.45) is 10.7 Å². The minimum Gasteiger partial charge on any atom is -0.464 e. The van der Waals surface area contributed by atoms with Crippen LogP contribution in [0.15, 0.2) is 21.5 Å². The van der Waals surface area contributed by atoms with Gasteiger partial charge >= 0.3 is 0 Å². The van der Waals surface area contributed by atoms with Crippen molar-refractivity contribution in [1.82, 2.24) is 0 Å². The molecule has 1 heterocycles. The number of hydrogen-bond acceptors (Lipinski definition) is 2. The maximum Gasteiger partial charge on any atom is 0.128 e. The topological polar surface area (TPSA) is 51.5 Å². The first-order valence-electron chi connectivity index (χ1n) is 3.96. The normalized spacial score (nSPS) is 14.8. The Kier molecular flexibility index (Phi) is 2.53. The zero-order valence-electron chi connectivity index (χ0n) is 7.66. The molecule has 1 rings (SSSR count). The maximum atomic E-state index is 5.45. The summed E-state index contributed by atoms with van der Waals surface area (Å²) in [4.78, 5) is 4.16. The van der Waals surface area contributed by atoms with Gasteiger partial charge < -0.3 is 10.2 Å². The van der Waals surface area contributed by atoms with Crippen molar-refractivity contribution in [3.8, 4) is 0 Å². The van der Waals surface area contributed by atoms with Crippen molar-refractivity contribution in [2.75, 3.05) is 0 Å². The molecule has 66 valence electrons. The van der Waals surface area contributed by atoms with Crippen LogP contribution in [0.5, 0.6) is 0 Å². The quantitative estimate of drug-likeness (QED) is 0.539. The molecule has 1 aromatic heterocycles. The van der Waals surface area contributed by atoms with Gasteiger partial charge in [-0.25, -0.2) is 0 Å². The molecule has 1 unspecified atom stereocenters. The molecule has 0 fully saturated rings. The van der Waals surface area contributed by atoms with Crippen LogP contribution in [0, 0.1) is 6.92 Å². The van der Waals surface area contributed by atoms with Crippen molar-refractivity contribution in [1.29, 1.82) is 0 Å². The Bertz CT molecular complexity index is 284. The van der Waals surface area contributed by atoms with E-state index in [9.17, 15) is 0 Å². The average molecular weight is 166 g/mol. The molecule has 1 aromatic rings. The van der Waals surface area contributed by atoms with Crippen LogP contribution in [0.4, 0.5) is 0 Å². The van der Waals surface area contributed by atoms with Gasteiger partial charge in [0.25, 0.3) is 0 Å². The maximum absolute atomic E-state index is 5.45. The molecule has 0 bridgehead atoms. The van der Waals surface area contributed by atoms with E-state index in [1.54, 1.807) is 6.92 Å². The van der Waals surface area contributed by atoms with E-state index in [2.05, 4.69) is 4.99 Å². The lowest BCUT2D eigenvalue weighted by Gasteiger charge is -2.01. The van der Waals surface area contributed by atoms with Gasteiger partial charge in [-0.3, -0.25) is 4.99 Å². The molecule has 0 saturated heterocycles. The third-order valence-corrected chi connectivity index (χ3v) is 1.57. The Morgan fingerprint density at radius 3 is 2.67 bits per heavy atom. The monoisotopic (exact) mass is 166 g/mol. The third kappa shape index (κ3) is 2.12. The summed E-state index contributed by atoms with van der Waals surface area (Å²) in [6, 6.07) is 3.86. The number of amidine groups is 1. The molecule has 0 aliphatic carbocycles. The Hall–Kier alpha value is -1.25. The third-order valence-electron chi connectivity index (χ3n) is 1.57. The molecule has 0 aliphatic rings. The number of hydrogen-bond donors (Lipinski definition) is 1. The van der Waals surface area contributed by atoms with Gasteiger partial charge in [-0.15, -0.1) is 0 Å². The van der Waals surface area contributed by atoms with Gasteiger partial charge in [0, 0.05) is 0 Å². The summed E-state index contributed by atoms with van der Waals surface area (Å²) in [5.74, 6) is 2.34. The van der Waals surface area contributed by atoms with E-state index in [4.69, 9.17) is 10.2 Å². The summed E-state index contributed by atoms with van der Waals surface area (Å²) < 4.78 is 5.38. The molecule has 1 atom stereocenters. The highest BCUT2D eigenvalue weighted by atomic mass is 16.3. The van der Waals surface area contributed by atoms with Gasteiger partial charge in [-0.05, 0) is 32.9 Å². The number of nitrogens with two attached hydrogens (primary N) is 1. The van der Waals surface area contributed by atoms with Crippen LogP contribution in [0.2, 0.25) is 0 Å². The Morgan fingerprint density at radius 1 is 1.58 bits per heavy atom. The lowest BCUT2D eigenvalue weighted by atomic mass is 10.3. The second-order valence-corrected chi connectivity index (χ2v) is 2.89. The largest absolute Gasteiger partial charge is 0.464 e. The van der Waals surface area contributed by atoms with Crippen molar-refractivity contribution in [3.05, 3.63) is 23.7 Å². The summed E-state index contributed by atoms with van der Waals surface area (Å²) in [5.41, 5.74) is 5.45. The van der Waals surface area contributed by atoms with E-state index in [1.807, 2.05) is 26.0 Å². The SMILES string of the molecule is CC(N)=NC(C)c1ccc(C)o1. The van der Waals surface area contributed by atoms with E-state index in [1.165, 1.54) is 0 Å². The Labute approximate surface area is 72.3 Å². The van der Waals surface area contributed by atoms with Crippen LogP contribution < -0.4 is 5.73 Å². The summed E-state index contributed by atoms with van der Waals surface area (Å²) in [5, 5.41) is 0. The van der Waals surface area contributed by atoms with Gasteiger partial charge in [0.2, 0.25) is 0 Å². The molecule has 2 N–H and O–H groups in total. The van der Waals surface area contributed by atoms with E-state index in [-0.39, 0.29) is 6.04 Å². The molecule has 0 aromatic carbocycles. The summed E-state index contributed by atoms with van der Waals surface area (Å²) >= 11 is 0. The fraction of sp³-hybridized carbons (Fsp3) is 0.444. The lowest BCUT2D eigenvalue weighted by molar-refractivity contribution is 0.458. The number of aliphatic imine (C=N–C) groups is 1. The minimum absolute atomic E-state index is 0.0173. The van der Waals surface area contributed by atoms with Crippen LogP contribution in [0.1, 0.15) is 31.4 Å². The lowest BCUT2D eigenvalue weighted by Crippen LogP contribution is -2.06. The molecule has 3 heteroatoms. The van der Waals surface area contributed by atoms with Crippen molar-refractivity contribution >= 4 is 5.84 Å². The highest BCUT2D eigenvalue weighted by molar-refractivity contribution is 5.77. The first-order chi connectivity index (χ1) is 5.59. The van der Waals surface area contributed by atoms with Crippen molar-refractivity contribution in [2.45, 2.75) is 26.8 Å². The van der Waals surface area contributed by atoms with E-state index in [0.29, 0.717) is 5.84 Å². The zero-order valence-corrected chi connectivity index (χ0v) is 7.66. The first-order valence-corrected chi connectivity index (χ1v) is 3.96. The highest BCUT2D eigenvalue weighted by Crippen LogP contribution is 2.18. The van der Waals surface area contributed by atoms with Gasteiger partial charge in [0.05, 0.1) is 5.84 Å². The average Bonchev–Trinajstić information content (AvgIpc) is 2.34. The van der Waals surface area contributed by atoms with Crippen LogP contribution in [-0.4, -0.2) is 5.84 Å². The van der Waals surface area contributed by atoms with Gasteiger partial charge in [0.15, 0.2) is 0 Å². The molecule has 0 spiro atoms. The van der Waals surface area contributed by atoms with E-state index in [0.717, 1.165) is 11.5 Å². The number of aryl methyl sites for hydroxylation is 1. The van der Waals surface area contributed by atoms with Crippen LogP contribution in [-0.2, 0) is 0 Å². The summed E-state index contributed by atoms with van der Waals surface area (Å²) in [7, 11) is 0. The predicted octanol–water partition coefficient (Wildman–Crippen LogP) is 2.03. The van der Waals surface area contributed by atoms with Crippen LogP contribution in [0.3, 0.4) is 0 Å². The Balaban J connectivity index is 2.78. The predicted molar refractivity (Wildman–Crippen MR) is 49.2 cm³/mol. The van der Waals surface area contributed by atoms with Gasteiger partial charge in [-0.2, -0.15) is 0 Å². The molecule has 3 nitrogen and oxygen atoms in total. The summed E-state index contributed by atoms with van der Waals surface area (Å²) in [6.45, 7) is 5.64. The van der Waals surface area contributed by atoms with E-state index < -0.39 is 0 Å². The smallest absolute Gasteiger partial charge is 0.128 e. The number of furan rings is 1. The molecule has 0 amide bonds. The first kappa shape index (κ1) is 8.84. The molecular formula is C9H14N2O. The molecular weight excluding hydrogens is 152 g/mol. The van der Waals surface area contributed by atoms with Crippen molar-refractivity contribution in [3.63, 3.8) is 0 Å². The Morgan fingerprint density at radius 2 is 2.25 bits per heavy atom. The number of nitrogens with zero attached hydrogens (tertiary/aromatic N) is 1.